The Kier molecular flexibility index (Phi) is 5.84. The van der Waals surface area contributed by atoms with Crippen LogP contribution in [0.2, 0.25) is 0 Å². The minimum absolute atomic E-state index is 0.0787. The number of halogens is 2. The average molecular weight is 391 g/mol. The molecular formula is C21H27F2N3O2. The van der Waals surface area contributed by atoms with E-state index < -0.39 is 23.6 Å². The van der Waals surface area contributed by atoms with Crippen LogP contribution < -0.4 is 16.0 Å². The van der Waals surface area contributed by atoms with E-state index in [2.05, 4.69) is 22.9 Å². The third-order valence-electron chi connectivity index (χ3n) is 5.99. The van der Waals surface area contributed by atoms with E-state index in [1.165, 1.54) is 6.07 Å². The summed E-state index contributed by atoms with van der Waals surface area (Å²) in [7, 11) is 0. The summed E-state index contributed by atoms with van der Waals surface area (Å²) in [5.74, 6) is -2.50. The SMILES string of the molecule is CC1=C([C@@H](C)C(=O)N[C@@H](C)c2ccc(F)cc2F)C(=O)NC2CCNC(C)C12. The first-order valence-corrected chi connectivity index (χ1v) is 9.71. The lowest BCUT2D eigenvalue weighted by Gasteiger charge is -2.43. The van der Waals surface area contributed by atoms with Crippen molar-refractivity contribution in [1.29, 1.82) is 0 Å². The molecule has 1 fully saturated rings. The Morgan fingerprint density at radius 3 is 2.68 bits per heavy atom. The van der Waals surface area contributed by atoms with Crippen molar-refractivity contribution in [2.45, 2.75) is 52.2 Å². The fourth-order valence-electron chi connectivity index (χ4n) is 4.50. The number of nitrogens with one attached hydrogen (secondary N) is 3. The predicted molar refractivity (Wildman–Crippen MR) is 102 cm³/mol. The van der Waals surface area contributed by atoms with Crippen molar-refractivity contribution in [3.8, 4) is 0 Å². The number of amides is 2. The summed E-state index contributed by atoms with van der Waals surface area (Å²) in [6.07, 6.45) is 0.854. The molecule has 152 valence electrons. The van der Waals surface area contributed by atoms with Gasteiger partial charge in [-0.3, -0.25) is 9.59 Å². The Bertz CT molecular complexity index is 824. The molecule has 0 saturated carbocycles. The molecular weight excluding hydrogens is 364 g/mol. The molecule has 0 aromatic heterocycles. The van der Waals surface area contributed by atoms with Gasteiger partial charge in [-0.25, -0.2) is 8.78 Å². The van der Waals surface area contributed by atoms with Gasteiger partial charge in [0.15, 0.2) is 0 Å². The van der Waals surface area contributed by atoms with Crippen LogP contribution in [0.25, 0.3) is 0 Å². The van der Waals surface area contributed by atoms with Gasteiger partial charge in [0.25, 0.3) is 0 Å². The third-order valence-corrected chi connectivity index (χ3v) is 5.99. The van der Waals surface area contributed by atoms with Crippen molar-refractivity contribution in [1.82, 2.24) is 16.0 Å². The quantitative estimate of drug-likeness (QED) is 0.739. The van der Waals surface area contributed by atoms with Crippen LogP contribution in [-0.2, 0) is 9.59 Å². The van der Waals surface area contributed by atoms with Crippen molar-refractivity contribution in [2.75, 3.05) is 6.54 Å². The van der Waals surface area contributed by atoms with E-state index in [0.29, 0.717) is 5.57 Å². The lowest BCUT2D eigenvalue weighted by Crippen LogP contribution is -2.58. The smallest absolute Gasteiger partial charge is 0.248 e. The van der Waals surface area contributed by atoms with Gasteiger partial charge < -0.3 is 16.0 Å². The molecule has 2 aliphatic rings. The van der Waals surface area contributed by atoms with Crippen LogP contribution >= 0.6 is 0 Å². The Balaban J connectivity index is 1.80. The van der Waals surface area contributed by atoms with E-state index in [0.717, 1.165) is 30.7 Å². The molecule has 0 spiro atoms. The summed E-state index contributed by atoms with van der Waals surface area (Å²) in [6, 6.07) is 2.90. The van der Waals surface area contributed by atoms with Gasteiger partial charge in [0, 0.05) is 35.2 Å². The maximum absolute atomic E-state index is 14.0. The summed E-state index contributed by atoms with van der Waals surface area (Å²) in [5.41, 5.74) is 1.60. The molecule has 5 nitrogen and oxygen atoms in total. The van der Waals surface area contributed by atoms with Crippen LogP contribution in [0.3, 0.4) is 0 Å². The van der Waals surface area contributed by atoms with Crippen LogP contribution in [0.15, 0.2) is 29.3 Å². The van der Waals surface area contributed by atoms with Crippen LogP contribution in [0.4, 0.5) is 8.78 Å². The highest BCUT2D eigenvalue weighted by molar-refractivity contribution is 6.01. The minimum atomic E-state index is -0.712. The second-order valence-electron chi connectivity index (χ2n) is 7.85. The largest absolute Gasteiger partial charge is 0.349 e. The number of piperidine rings is 1. The number of hydrogen-bond acceptors (Lipinski definition) is 3. The van der Waals surface area contributed by atoms with Crippen molar-refractivity contribution in [3.63, 3.8) is 0 Å². The van der Waals surface area contributed by atoms with Gasteiger partial charge >= 0.3 is 0 Å². The molecule has 1 aromatic rings. The fraction of sp³-hybridized carbons (Fsp3) is 0.524. The first-order valence-electron chi connectivity index (χ1n) is 9.71. The highest BCUT2D eigenvalue weighted by Crippen LogP contribution is 2.34. The number of rotatable bonds is 4. The van der Waals surface area contributed by atoms with Gasteiger partial charge in [0.1, 0.15) is 11.6 Å². The molecule has 5 atom stereocenters. The zero-order valence-corrected chi connectivity index (χ0v) is 16.6. The Labute approximate surface area is 164 Å². The lowest BCUT2D eigenvalue weighted by atomic mass is 9.75. The molecule has 2 heterocycles. The standard InChI is InChI=1S/C21H27F2N3O2/c1-10-18(21(28)26-17-7-8-24-13(4)19(10)17)11(2)20(27)25-12(3)15-6-5-14(22)9-16(15)23/h5-6,9,11-13,17,19,24H,7-8H2,1-4H3,(H,25,27)(H,26,28)/t11-,12+,13?,17?,19?/m1/s1. The summed E-state index contributed by atoms with van der Waals surface area (Å²) >= 11 is 0. The van der Waals surface area contributed by atoms with E-state index in [4.69, 9.17) is 0 Å². The molecule has 0 radical (unpaired) electrons. The van der Waals surface area contributed by atoms with Crippen LogP contribution in [0.5, 0.6) is 0 Å². The molecule has 28 heavy (non-hydrogen) atoms. The van der Waals surface area contributed by atoms with E-state index in [1.807, 2.05) is 6.92 Å². The van der Waals surface area contributed by atoms with Crippen LogP contribution in [0.1, 0.15) is 45.7 Å². The summed E-state index contributed by atoms with van der Waals surface area (Å²) < 4.78 is 27.1. The molecule has 0 bridgehead atoms. The zero-order chi connectivity index (χ0) is 20.6. The van der Waals surface area contributed by atoms with Gasteiger partial charge in [-0.1, -0.05) is 11.6 Å². The Morgan fingerprint density at radius 2 is 2.00 bits per heavy atom. The van der Waals surface area contributed by atoms with E-state index >= 15 is 0 Å². The molecule has 0 aliphatic carbocycles. The monoisotopic (exact) mass is 391 g/mol. The summed E-state index contributed by atoms with van der Waals surface area (Å²) in [5, 5.41) is 9.21. The van der Waals surface area contributed by atoms with Gasteiger partial charge in [-0.15, -0.1) is 0 Å². The van der Waals surface area contributed by atoms with Crippen LogP contribution in [-0.4, -0.2) is 30.4 Å². The predicted octanol–water partition coefficient (Wildman–Crippen LogP) is 2.59. The van der Waals surface area contributed by atoms with Crippen molar-refractivity contribution in [2.24, 2.45) is 11.8 Å². The number of carbonyl (C=O) groups excluding carboxylic acids is 2. The first-order chi connectivity index (χ1) is 13.2. The summed E-state index contributed by atoms with van der Waals surface area (Å²) in [4.78, 5) is 25.5. The number of benzene rings is 1. The molecule has 1 saturated heterocycles. The highest BCUT2D eigenvalue weighted by Gasteiger charge is 2.41. The zero-order valence-electron chi connectivity index (χ0n) is 16.6. The van der Waals surface area contributed by atoms with Gasteiger partial charge in [-0.2, -0.15) is 0 Å². The highest BCUT2D eigenvalue weighted by atomic mass is 19.1. The Hall–Kier alpha value is -2.28. The van der Waals surface area contributed by atoms with Crippen molar-refractivity contribution < 1.29 is 18.4 Å². The molecule has 3 N–H and O–H groups in total. The lowest BCUT2D eigenvalue weighted by molar-refractivity contribution is -0.127. The molecule has 2 aliphatic heterocycles. The number of fused-ring (bicyclic) bond motifs is 1. The van der Waals surface area contributed by atoms with Crippen molar-refractivity contribution >= 4 is 11.8 Å². The summed E-state index contributed by atoms with van der Waals surface area (Å²) in [6.45, 7) is 8.17. The molecule has 3 rings (SSSR count). The second-order valence-corrected chi connectivity index (χ2v) is 7.85. The van der Waals surface area contributed by atoms with Crippen molar-refractivity contribution in [3.05, 3.63) is 46.5 Å². The fourth-order valence-corrected chi connectivity index (χ4v) is 4.50. The van der Waals surface area contributed by atoms with Gasteiger partial charge in [0.2, 0.25) is 11.8 Å². The molecule has 2 amide bonds. The molecule has 1 aromatic carbocycles. The average Bonchev–Trinajstić information content (AvgIpc) is 2.61. The molecule has 3 unspecified atom stereocenters. The molecule has 7 heteroatoms. The first kappa shape index (κ1) is 20.5. The topological polar surface area (TPSA) is 70.2 Å². The number of hydrogen-bond donors (Lipinski definition) is 3. The normalized spacial score (nSPS) is 26.9. The minimum Gasteiger partial charge on any atom is -0.349 e. The van der Waals surface area contributed by atoms with E-state index in [-0.39, 0.29) is 35.4 Å². The van der Waals surface area contributed by atoms with Crippen LogP contribution in [0, 0.1) is 23.5 Å². The van der Waals surface area contributed by atoms with Gasteiger partial charge in [-0.05, 0) is 46.7 Å². The van der Waals surface area contributed by atoms with Gasteiger partial charge in [0.05, 0.1) is 12.0 Å². The maximum Gasteiger partial charge on any atom is 0.248 e. The second kappa shape index (κ2) is 7.99. The number of carbonyl (C=O) groups is 2. The van der Waals surface area contributed by atoms with E-state index in [9.17, 15) is 18.4 Å². The maximum atomic E-state index is 14.0. The Morgan fingerprint density at radius 1 is 1.29 bits per heavy atom. The van der Waals surface area contributed by atoms with E-state index in [1.54, 1.807) is 13.8 Å². The third kappa shape index (κ3) is 3.81.